The number of halogens is 1. The second-order valence-corrected chi connectivity index (χ2v) is 4.92. The van der Waals surface area contributed by atoms with Crippen molar-refractivity contribution in [2.75, 3.05) is 6.54 Å². The van der Waals surface area contributed by atoms with E-state index in [4.69, 9.17) is 11.6 Å². The number of aromatic nitrogens is 4. The van der Waals surface area contributed by atoms with Gasteiger partial charge in [-0.15, -0.1) is 15.0 Å². The molecule has 7 heteroatoms. The minimum absolute atomic E-state index is 0.0515. The summed E-state index contributed by atoms with van der Waals surface area (Å²) >= 11 is 5.80. The van der Waals surface area contributed by atoms with Crippen molar-refractivity contribution < 1.29 is 4.79 Å². The number of hydrogen-bond donors (Lipinski definition) is 1. The number of carbonyl (C=O) groups excluding carboxylic acids is 1. The summed E-state index contributed by atoms with van der Waals surface area (Å²) < 4.78 is 0. The molecule has 0 radical (unpaired) electrons. The first-order chi connectivity index (χ1) is 9.06. The third-order valence-electron chi connectivity index (χ3n) is 2.35. The van der Waals surface area contributed by atoms with E-state index in [-0.39, 0.29) is 11.7 Å². The molecule has 0 aliphatic carbocycles. The van der Waals surface area contributed by atoms with E-state index in [0.29, 0.717) is 23.2 Å². The molecule has 100 valence electrons. The SMILES string of the molecule is CC(C)CNC(=O)c1nnn(-c2ccc(Cl)cc2)n1. The third-order valence-corrected chi connectivity index (χ3v) is 2.60. The predicted molar refractivity (Wildman–Crippen MR) is 71.3 cm³/mol. The number of tetrazole rings is 1. The maximum atomic E-state index is 11.7. The summed E-state index contributed by atoms with van der Waals surface area (Å²) in [5, 5.41) is 15.0. The lowest BCUT2D eigenvalue weighted by molar-refractivity contribution is 0.0938. The number of rotatable bonds is 4. The van der Waals surface area contributed by atoms with Crippen LogP contribution < -0.4 is 5.32 Å². The van der Waals surface area contributed by atoms with Gasteiger partial charge in [0.05, 0.1) is 5.69 Å². The fraction of sp³-hybridized carbons (Fsp3) is 0.333. The first kappa shape index (κ1) is 13.5. The van der Waals surface area contributed by atoms with Crippen LogP contribution in [0.15, 0.2) is 24.3 Å². The molecule has 1 aromatic carbocycles. The van der Waals surface area contributed by atoms with Gasteiger partial charge < -0.3 is 5.32 Å². The van der Waals surface area contributed by atoms with Crippen molar-refractivity contribution in [1.82, 2.24) is 25.5 Å². The van der Waals surface area contributed by atoms with Crippen LogP contribution >= 0.6 is 11.6 Å². The average Bonchev–Trinajstić information content (AvgIpc) is 2.86. The van der Waals surface area contributed by atoms with Crippen molar-refractivity contribution in [3.05, 3.63) is 35.1 Å². The summed E-state index contributed by atoms with van der Waals surface area (Å²) in [6, 6.07) is 6.94. The maximum Gasteiger partial charge on any atom is 0.292 e. The molecule has 0 spiro atoms. The van der Waals surface area contributed by atoms with E-state index in [9.17, 15) is 4.79 Å². The molecule has 6 nitrogen and oxygen atoms in total. The molecular weight excluding hydrogens is 266 g/mol. The van der Waals surface area contributed by atoms with Crippen LogP contribution in [0.3, 0.4) is 0 Å². The minimum atomic E-state index is -0.325. The van der Waals surface area contributed by atoms with Crippen LogP contribution in [0.5, 0.6) is 0 Å². The van der Waals surface area contributed by atoms with Crippen molar-refractivity contribution in [2.24, 2.45) is 5.92 Å². The highest BCUT2D eigenvalue weighted by Gasteiger charge is 2.13. The van der Waals surface area contributed by atoms with Crippen LogP contribution in [0.25, 0.3) is 5.69 Å². The van der Waals surface area contributed by atoms with E-state index >= 15 is 0 Å². The van der Waals surface area contributed by atoms with E-state index < -0.39 is 0 Å². The molecule has 0 saturated heterocycles. The average molecular weight is 280 g/mol. The van der Waals surface area contributed by atoms with Gasteiger partial charge in [0.25, 0.3) is 11.7 Å². The molecule has 2 aromatic rings. The molecule has 1 heterocycles. The zero-order valence-electron chi connectivity index (χ0n) is 10.7. The molecular formula is C12H14ClN5O. The van der Waals surface area contributed by atoms with Crippen LogP contribution in [0.2, 0.25) is 5.02 Å². The fourth-order valence-corrected chi connectivity index (χ4v) is 1.49. The maximum absolute atomic E-state index is 11.7. The van der Waals surface area contributed by atoms with Crippen LogP contribution in [-0.4, -0.2) is 32.7 Å². The van der Waals surface area contributed by atoms with Crippen molar-refractivity contribution in [2.45, 2.75) is 13.8 Å². The van der Waals surface area contributed by atoms with E-state index in [1.807, 2.05) is 13.8 Å². The first-order valence-corrected chi connectivity index (χ1v) is 6.28. The van der Waals surface area contributed by atoms with Crippen LogP contribution in [0.1, 0.15) is 24.5 Å². The molecule has 0 saturated carbocycles. The fourth-order valence-electron chi connectivity index (χ4n) is 1.36. The van der Waals surface area contributed by atoms with Gasteiger partial charge >= 0.3 is 0 Å². The van der Waals surface area contributed by atoms with Gasteiger partial charge in [-0.2, -0.15) is 0 Å². The number of nitrogens with one attached hydrogen (secondary N) is 1. The first-order valence-electron chi connectivity index (χ1n) is 5.90. The van der Waals surface area contributed by atoms with Crippen molar-refractivity contribution >= 4 is 17.5 Å². The molecule has 1 amide bonds. The van der Waals surface area contributed by atoms with E-state index in [2.05, 4.69) is 20.7 Å². The number of hydrogen-bond acceptors (Lipinski definition) is 4. The largest absolute Gasteiger partial charge is 0.349 e. The zero-order chi connectivity index (χ0) is 13.8. The van der Waals surface area contributed by atoms with Crippen molar-refractivity contribution in [3.8, 4) is 5.69 Å². The van der Waals surface area contributed by atoms with E-state index in [1.54, 1.807) is 24.3 Å². The van der Waals surface area contributed by atoms with Crippen LogP contribution in [0, 0.1) is 5.92 Å². The molecule has 1 aromatic heterocycles. The summed E-state index contributed by atoms with van der Waals surface area (Å²) in [4.78, 5) is 13.0. The lowest BCUT2D eigenvalue weighted by atomic mass is 10.2. The van der Waals surface area contributed by atoms with Crippen LogP contribution in [-0.2, 0) is 0 Å². The Morgan fingerprint density at radius 2 is 2.05 bits per heavy atom. The molecule has 0 aliphatic rings. The topological polar surface area (TPSA) is 72.7 Å². The van der Waals surface area contributed by atoms with Gasteiger partial charge in [-0.1, -0.05) is 25.4 Å². The lowest BCUT2D eigenvalue weighted by Gasteiger charge is -2.04. The molecule has 0 bridgehead atoms. The van der Waals surface area contributed by atoms with Crippen LogP contribution in [0.4, 0.5) is 0 Å². The van der Waals surface area contributed by atoms with Gasteiger partial charge in [0.1, 0.15) is 0 Å². The molecule has 0 unspecified atom stereocenters. The summed E-state index contributed by atoms with van der Waals surface area (Å²) in [7, 11) is 0. The van der Waals surface area contributed by atoms with Gasteiger partial charge in [-0.05, 0) is 35.4 Å². The predicted octanol–water partition coefficient (Wildman–Crippen LogP) is 1.70. The normalized spacial score (nSPS) is 10.7. The number of amides is 1. The van der Waals surface area contributed by atoms with E-state index in [1.165, 1.54) is 4.80 Å². The molecule has 2 rings (SSSR count). The third kappa shape index (κ3) is 3.51. The zero-order valence-corrected chi connectivity index (χ0v) is 11.4. The smallest absolute Gasteiger partial charge is 0.292 e. The minimum Gasteiger partial charge on any atom is -0.349 e. The Hall–Kier alpha value is -1.95. The standard InChI is InChI=1S/C12H14ClN5O/c1-8(2)7-14-12(19)11-15-17-18(16-11)10-5-3-9(13)4-6-10/h3-6,8H,7H2,1-2H3,(H,14,19). The number of benzene rings is 1. The Morgan fingerprint density at radius 1 is 1.37 bits per heavy atom. The Kier molecular flexibility index (Phi) is 4.11. The summed E-state index contributed by atoms with van der Waals surface area (Å²) in [5.74, 6) is 0.0970. The Labute approximate surface area is 115 Å². The van der Waals surface area contributed by atoms with Gasteiger partial charge in [0.2, 0.25) is 0 Å². The Bertz CT molecular complexity index is 564. The quantitative estimate of drug-likeness (QED) is 0.924. The van der Waals surface area contributed by atoms with Gasteiger partial charge in [0, 0.05) is 11.6 Å². The highest BCUT2D eigenvalue weighted by molar-refractivity contribution is 6.30. The molecule has 1 N–H and O–H groups in total. The summed E-state index contributed by atoms with van der Waals surface area (Å²) in [6.07, 6.45) is 0. The summed E-state index contributed by atoms with van der Waals surface area (Å²) in [5.41, 5.74) is 0.694. The Morgan fingerprint density at radius 3 is 2.68 bits per heavy atom. The number of carbonyl (C=O) groups is 1. The monoisotopic (exact) mass is 279 g/mol. The highest BCUT2D eigenvalue weighted by Crippen LogP contribution is 2.11. The van der Waals surface area contributed by atoms with Crippen molar-refractivity contribution in [1.29, 1.82) is 0 Å². The van der Waals surface area contributed by atoms with Crippen molar-refractivity contribution in [3.63, 3.8) is 0 Å². The second kappa shape index (κ2) is 5.79. The Balaban J connectivity index is 2.10. The molecule has 0 aliphatic heterocycles. The molecule has 0 atom stereocenters. The number of nitrogens with zero attached hydrogens (tertiary/aromatic N) is 4. The van der Waals surface area contributed by atoms with Gasteiger partial charge in [-0.25, -0.2) is 0 Å². The molecule has 19 heavy (non-hydrogen) atoms. The van der Waals surface area contributed by atoms with Gasteiger partial charge in [0.15, 0.2) is 0 Å². The lowest BCUT2D eigenvalue weighted by Crippen LogP contribution is -2.28. The highest BCUT2D eigenvalue weighted by atomic mass is 35.5. The second-order valence-electron chi connectivity index (χ2n) is 4.48. The molecule has 0 fully saturated rings. The van der Waals surface area contributed by atoms with E-state index in [0.717, 1.165) is 0 Å². The summed E-state index contributed by atoms with van der Waals surface area (Å²) in [6.45, 7) is 4.60. The van der Waals surface area contributed by atoms with Gasteiger partial charge in [-0.3, -0.25) is 4.79 Å².